The van der Waals surface area contributed by atoms with Crippen LogP contribution in [-0.2, 0) is 6.54 Å². The van der Waals surface area contributed by atoms with Crippen molar-refractivity contribution in [1.82, 2.24) is 9.55 Å². The molecule has 0 bridgehead atoms. The number of carboxylic acids is 1. The van der Waals surface area contributed by atoms with E-state index in [4.69, 9.17) is 10.8 Å². The molecule has 0 aliphatic carbocycles. The van der Waals surface area contributed by atoms with Gasteiger partial charge < -0.3 is 15.4 Å². The maximum absolute atomic E-state index is 10.8. The Kier molecular flexibility index (Phi) is 2.55. The number of nitrogens with two attached hydrogens (primary N) is 1. The maximum atomic E-state index is 10.8. The molecule has 0 aliphatic heterocycles. The number of hydrogen-bond donors (Lipinski definition) is 2. The molecule has 0 saturated heterocycles. The number of anilines is 1. The van der Waals surface area contributed by atoms with Gasteiger partial charge >= 0.3 is 5.97 Å². The largest absolute Gasteiger partial charge is 0.476 e. The molecule has 0 fully saturated rings. The van der Waals surface area contributed by atoms with Crippen LogP contribution in [0.4, 0.5) is 5.82 Å². The first-order valence-corrected chi connectivity index (χ1v) is 4.13. The Morgan fingerprint density at radius 3 is 2.77 bits per heavy atom. The molecular weight excluding hydrogens is 170 g/mol. The Balaban J connectivity index is 3.20. The molecule has 1 heterocycles. The van der Waals surface area contributed by atoms with Gasteiger partial charge in [-0.05, 0) is 13.3 Å². The summed E-state index contributed by atoms with van der Waals surface area (Å²) in [5, 5.41) is 8.85. The van der Waals surface area contributed by atoms with Crippen LogP contribution in [-0.4, -0.2) is 20.6 Å². The van der Waals surface area contributed by atoms with E-state index in [-0.39, 0.29) is 11.5 Å². The van der Waals surface area contributed by atoms with Crippen molar-refractivity contribution >= 4 is 11.8 Å². The van der Waals surface area contributed by atoms with Crippen molar-refractivity contribution in [1.29, 1.82) is 0 Å². The summed E-state index contributed by atoms with van der Waals surface area (Å²) in [5.74, 6) is -0.276. The first kappa shape index (κ1) is 9.57. The smallest absolute Gasteiger partial charge is 0.356 e. The Morgan fingerprint density at radius 2 is 2.31 bits per heavy atom. The zero-order valence-electron chi connectivity index (χ0n) is 7.74. The van der Waals surface area contributed by atoms with E-state index in [0.29, 0.717) is 12.4 Å². The van der Waals surface area contributed by atoms with Gasteiger partial charge in [0.2, 0.25) is 0 Å². The molecule has 0 amide bonds. The van der Waals surface area contributed by atoms with Crippen LogP contribution in [0.2, 0.25) is 0 Å². The lowest BCUT2D eigenvalue weighted by Gasteiger charge is -2.04. The van der Waals surface area contributed by atoms with Gasteiger partial charge in [0.15, 0.2) is 11.5 Å². The molecule has 0 atom stereocenters. The van der Waals surface area contributed by atoms with Crippen LogP contribution in [0.25, 0.3) is 0 Å². The van der Waals surface area contributed by atoms with E-state index in [1.54, 1.807) is 11.5 Å². The molecule has 5 heteroatoms. The molecule has 0 saturated carbocycles. The fourth-order valence-corrected chi connectivity index (χ4v) is 1.31. The van der Waals surface area contributed by atoms with Crippen LogP contribution >= 0.6 is 0 Å². The average Bonchev–Trinajstić information content (AvgIpc) is 2.27. The van der Waals surface area contributed by atoms with E-state index < -0.39 is 5.97 Å². The van der Waals surface area contributed by atoms with E-state index in [0.717, 1.165) is 6.42 Å². The van der Waals surface area contributed by atoms with Crippen LogP contribution in [0.15, 0.2) is 0 Å². The van der Waals surface area contributed by atoms with Gasteiger partial charge in [0, 0.05) is 6.54 Å². The molecule has 0 aromatic carbocycles. The number of imidazole rings is 1. The van der Waals surface area contributed by atoms with Crippen molar-refractivity contribution in [3.63, 3.8) is 0 Å². The summed E-state index contributed by atoms with van der Waals surface area (Å²) in [5.41, 5.74) is 5.56. The number of rotatable bonds is 3. The topological polar surface area (TPSA) is 81.1 Å². The summed E-state index contributed by atoms with van der Waals surface area (Å²) in [7, 11) is 0. The molecule has 13 heavy (non-hydrogen) atoms. The Hall–Kier alpha value is -1.52. The molecule has 1 aromatic heterocycles. The monoisotopic (exact) mass is 183 g/mol. The molecule has 0 aliphatic rings. The Morgan fingerprint density at radius 1 is 1.69 bits per heavy atom. The van der Waals surface area contributed by atoms with Gasteiger partial charge in [0.25, 0.3) is 0 Å². The second-order valence-corrected chi connectivity index (χ2v) is 2.85. The summed E-state index contributed by atoms with van der Waals surface area (Å²) >= 11 is 0. The summed E-state index contributed by atoms with van der Waals surface area (Å²) in [4.78, 5) is 14.7. The van der Waals surface area contributed by atoms with E-state index in [1.165, 1.54) is 0 Å². The number of aromatic carboxylic acids is 1. The van der Waals surface area contributed by atoms with Crippen molar-refractivity contribution < 1.29 is 9.90 Å². The highest BCUT2D eigenvalue weighted by atomic mass is 16.4. The van der Waals surface area contributed by atoms with Crippen LogP contribution in [0.5, 0.6) is 0 Å². The second kappa shape index (κ2) is 3.47. The SMILES string of the molecule is CCCn1c(C)nc(N)c1C(=O)O. The van der Waals surface area contributed by atoms with Gasteiger partial charge in [-0.1, -0.05) is 6.92 Å². The minimum absolute atomic E-state index is 0.0958. The van der Waals surface area contributed by atoms with Gasteiger partial charge in [-0.15, -0.1) is 0 Å². The lowest BCUT2D eigenvalue weighted by molar-refractivity contribution is 0.0686. The standard InChI is InChI=1S/C8H13N3O2/c1-3-4-11-5(2)10-7(9)6(11)8(12)13/h3-4,9H2,1-2H3,(H,12,13). The number of nitrogen functional groups attached to an aromatic ring is 1. The van der Waals surface area contributed by atoms with Gasteiger partial charge in [-0.3, -0.25) is 0 Å². The number of hydrogen-bond acceptors (Lipinski definition) is 3. The van der Waals surface area contributed by atoms with Crippen LogP contribution in [0.3, 0.4) is 0 Å². The summed E-state index contributed by atoms with van der Waals surface area (Å²) in [6.07, 6.45) is 0.858. The van der Waals surface area contributed by atoms with Crippen molar-refractivity contribution in [3.05, 3.63) is 11.5 Å². The molecule has 0 spiro atoms. The highest BCUT2D eigenvalue weighted by Crippen LogP contribution is 2.13. The molecular formula is C8H13N3O2. The molecule has 5 nitrogen and oxygen atoms in total. The molecule has 1 rings (SSSR count). The predicted octanol–water partition coefficient (Wildman–Crippen LogP) is 0.882. The highest BCUT2D eigenvalue weighted by molar-refractivity contribution is 5.90. The van der Waals surface area contributed by atoms with E-state index >= 15 is 0 Å². The number of carboxylic acid groups (broad SMARTS) is 1. The fourth-order valence-electron chi connectivity index (χ4n) is 1.31. The zero-order valence-corrected chi connectivity index (χ0v) is 7.74. The highest BCUT2D eigenvalue weighted by Gasteiger charge is 2.17. The van der Waals surface area contributed by atoms with Gasteiger partial charge in [-0.2, -0.15) is 0 Å². The zero-order chi connectivity index (χ0) is 10.0. The van der Waals surface area contributed by atoms with Crippen LogP contribution in [0, 0.1) is 6.92 Å². The minimum Gasteiger partial charge on any atom is -0.476 e. The third-order valence-corrected chi connectivity index (χ3v) is 1.84. The van der Waals surface area contributed by atoms with Crippen molar-refractivity contribution in [2.24, 2.45) is 0 Å². The molecule has 0 unspecified atom stereocenters. The van der Waals surface area contributed by atoms with Crippen LogP contribution < -0.4 is 5.73 Å². The number of aryl methyl sites for hydroxylation is 1. The third kappa shape index (κ3) is 1.63. The first-order valence-electron chi connectivity index (χ1n) is 4.13. The number of carbonyl (C=O) groups is 1. The van der Waals surface area contributed by atoms with Gasteiger partial charge in [0.1, 0.15) is 5.82 Å². The third-order valence-electron chi connectivity index (χ3n) is 1.84. The average molecular weight is 183 g/mol. The van der Waals surface area contributed by atoms with Gasteiger partial charge in [-0.25, -0.2) is 9.78 Å². The lowest BCUT2D eigenvalue weighted by atomic mass is 10.4. The molecule has 0 radical (unpaired) electrons. The van der Waals surface area contributed by atoms with Gasteiger partial charge in [0.05, 0.1) is 0 Å². The van der Waals surface area contributed by atoms with Crippen molar-refractivity contribution in [3.8, 4) is 0 Å². The Bertz CT molecular complexity index is 330. The molecule has 72 valence electrons. The van der Waals surface area contributed by atoms with Crippen molar-refractivity contribution in [2.75, 3.05) is 5.73 Å². The van der Waals surface area contributed by atoms with E-state index in [2.05, 4.69) is 4.98 Å². The lowest BCUT2D eigenvalue weighted by Crippen LogP contribution is -2.11. The predicted molar refractivity (Wildman–Crippen MR) is 48.6 cm³/mol. The molecule has 3 N–H and O–H groups in total. The minimum atomic E-state index is -1.02. The maximum Gasteiger partial charge on any atom is 0.356 e. The summed E-state index contributed by atoms with van der Waals surface area (Å²) in [6.45, 7) is 4.36. The number of aromatic nitrogens is 2. The van der Waals surface area contributed by atoms with E-state index in [9.17, 15) is 4.79 Å². The Labute approximate surface area is 76.2 Å². The van der Waals surface area contributed by atoms with Crippen molar-refractivity contribution in [2.45, 2.75) is 26.8 Å². The quantitative estimate of drug-likeness (QED) is 0.728. The second-order valence-electron chi connectivity index (χ2n) is 2.85. The normalized spacial score (nSPS) is 10.3. The molecule has 1 aromatic rings. The first-order chi connectivity index (χ1) is 6.07. The fraction of sp³-hybridized carbons (Fsp3) is 0.500. The van der Waals surface area contributed by atoms with Crippen LogP contribution in [0.1, 0.15) is 29.7 Å². The number of nitrogens with zero attached hydrogens (tertiary/aromatic N) is 2. The summed E-state index contributed by atoms with van der Waals surface area (Å²) in [6, 6.07) is 0. The summed E-state index contributed by atoms with van der Waals surface area (Å²) < 4.78 is 1.62. The van der Waals surface area contributed by atoms with E-state index in [1.807, 2.05) is 6.92 Å².